The molecule has 1 aliphatic rings. The summed E-state index contributed by atoms with van der Waals surface area (Å²) in [6, 6.07) is 14.9. The number of hydrogen-bond acceptors (Lipinski definition) is 9. The van der Waals surface area contributed by atoms with Gasteiger partial charge in [0.05, 0.1) is 48.9 Å². The molecule has 0 radical (unpaired) electrons. The highest BCUT2D eigenvalue weighted by atomic mass is 32.1. The van der Waals surface area contributed by atoms with Crippen LogP contribution in [0, 0.1) is 6.92 Å². The normalized spacial score (nSPS) is 16.7. The van der Waals surface area contributed by atoms with E-state index < -0.39 is 17.7 Å². The number of fused-ring (bicyclic) bond motifs is 2. The number of methoxy groups -OCH3 is 3. The number of imidazole rings is 1. The van der Waals surface area contributed by atoms with Crippen molar-refractivity contribution in [3.05, 3.63) is 83.3 Å². The van der Waals surface area contributed by atoms with Crippen LogP contribution >= 0.6 is 11.3 Å². The van der Waals surface area contributed by atoms with E-state index in [9.17, 15) is 14.7 Å². The molecule has 2 aromatic carbocycles. The van der Waals surface area contributed by atoms with Gasteiger partial charge in [0, 0.05) is 6.20 Å². The van der Waals surface area contributed by atoms with Crippen molar-refractivity contribution in [2.24, 2.45) is 0 Å². The number of aliphatic hydroxyl groups is 1. The Kier molecular flexibility index (Phi) is 6.15. The molecular weight excluding hydrogens is 532 g/mol. The van der Waals surface area contributed by atoms with E-state index in [0.717, 1.165) is 4.70 Å². The number of ether oxygens (including phenoxy) is 3. The Bertz CT molecular complexity index is 1860. The Hall–Kier alpha value is -4.90. The molecule has 10 nitrogen and oxygen atoms in total. The van der Waals surface area contributed by atoms with Gasteiger partial charge in [-0.3, -0.25) is 18.9 Å². The number of pyridine rings is 1. The molecule has 0 saturated carbocycles. The van der Waals surface area contributed by atoms with Crippen molar-refractivity contribution in [2.45, 2.75) is 13.0 Å². The number of hydrogen-bond donors (Lipinski definition) is 1. The van der Waals surface area contributed by atoms with E-state index >= 15 is 0 Å². The number of aromatic nitrogens is 3. The number of nitrogens with zero attached hydrogens (tertiary/aromatic N) is 4. The molecule has 4 heterocycles. The van der Waals surface area contributed by atoms with Crippen LogP contribution in [0.1, 0.15) is 23.0 Å². The average molecular weight is 557 g/mol. The van der Waals surface area contributed by atoms with E-state index in [1.807, 2.05) is 12.1 Å². The molecule has 0 spiro atoms. The predicted octanol–water partition coefficient (Wildman–Crippen LogP) is 4.90. The first-order valence-electron chi connectivity index (χ1n) is 12.3. The third kappa shape index (κ3) is 3.85. The van der Waals surface area contributed by atoms with Gasteiger partial charge in [0.15, 0.2) is 22.4 Å². The first-order chi connectivity index (χ1) is 19.4. The Morgan fingerprint density at radius 3 is 2.50 bits per heavy atom. The second kappa shape index (κ2) is 9.69. The summed E-state index contributed by atoms with van der Waals surface area (Å²) in [5, 5.41) is 12.0. The van der Waals surface area contributed by atoms with Crippen LogP contribution in [0.25, 0.3) is 21.6 Å². The van der Waals surface area contributed by atoms with E-state index in [1.54, 1.807) is 67.1 Å². The topological polar surface area (TPSA) is 115 Å². The van der Waals surface area contributed by atoms with E-state index in [0.29, 0.717) is 50.5 Å². The van der Waals surface area contributed by atoms with Crippen LogP contribution in [0.3, 0.4) is 0 Å². The van der Waals surface area contributed by atoms with Gasteiger partial charge in [0.1, 0.15) is 17.1 Å². The van der Waals surface area contributed by atoms with E-state index in [4.69, 9.17) is 14.2 Å². The maximum atomic E-state index is 13.7. The number of carbonyl (C=O) groups is 2. The van der Waals surface area contributed by atoms with Crippen LogP contribution in [0.5, 0.6) is 17.2 Å². The highest BCUT2D eigenvalue weighted by Crippen LogP contribution is 2.46. The lowest BCUT2D eigenvalue weighted by atomic mass is 9.96. The van der Waals surface area contributed by atoms with Gasteiger partial charge >= 0.3 is 5.91 Å². The zero-order chi connectivity index (χ0) is 28.1. The Morgan fingerprint density at radius 2 is 1.75 bits per heavy atom. The summed E-state index contributed by atoms with van der Waals surface area (Å²) in [6.07, 6.45) is 1.74. The fourth-order valence-corrected chi connectivity index (χ4v) is 6.04. The smallest absolute Gasteiger partial charge is 0.301 e. The molecule has 1 amide bonds. The summed E-state index contributed by atoms with van der Waals surface area (Å²) in [6.45, 7) is 1.74. The van der Waals surface area contributed by atoms with Gasteiger partial charge in [-0.2, -0.15) is 0 Å². The summed E-state index contributed by atoms with van der Waals surface area (Å²) in [7, 11) is 4.59. The second-order valence-corrected chi connectivity index (χ2v) is 10.1. The summed E-state index contributed by atoms with van der Waals surface area (Å²) < 4.78 is 18.7. The second-order valence-electron chi connectivity index (χ2n) is 9.09. The molecule has 5 aromatic rings. The monoisotopic (exact) mass is 556 g/mol. The van der Waals surface area contributed by atoms with Crippen LogP contribution in [0.2, 0.25) is 0 Å². The van der Waals surface area contributed by atoms with Crippen LogP contribution in [0.15, 0.2) is 66.4 Å². The lowest BCUT2D eigenvalue weighted by molar-refractivity contribution is -0.132. The van der Waals surface area contributed by atoms with Crippen molar-refractivity contribution >= 4 is 49.8 Å². The van der Waals surface area contributed by atoms with Crippen LogP contribution < -0.4 is 19.1 Å². The number of rotatable bonds is 6. The van der Waals surface area contributed by atoms with Gasteiger partial charge in [-0.05, 0) is 55.0 Å². The number of anilines is 1. The molecule has 3 aromatic heterocycles. The number of amides is 1. The van der Waals surface area contributed by atoms with E-state index in [-0.39, 0.29) is 11.3 Å². The Labute approximate surface area is 232 Å². The minimum atomic E-state index is -1.00. The number of thiazole rings is 1. The molecule has 6 rings (SSSR count). The summed E-state index contributed by atoms with van der Waals surface area (Å²) in [5.74, 6) is -0.444. The van der Waals surface area contributed by atoms with Crippen molar-refractivity contribution in [3.8, 4) is 17.2 Å². The minimum Gasteiger partial charge on any atom is -0.505 e. The first kappa shape index (κ1) is 25.4. The zero-order valence-electron chi connectivity index (χ0n) is 22.0. The Morgan fingerprint density at radius 1 is 0.950 bits per heavy atom. The van der Waals surface area contributed by atoms with Crippen molar-refractivity contribution in [3.63, 3.8) is 0 Å². The fraction of sp³-hybridized carbons (Fsp3) is 0.172. The SMILES string of the molecule is COc1ccc2nc(N3C(=O)C(=O)/C(=C(/O)c4c(C)nc5ccccn45)C3c3ccc(OC)c(OC)c3)sc2c1. The molecule has 202 valence electrons. The van der Waals surface area contributed by atoms with E-state index in [2.05, 4.69) is 9.97 Å². The molecule has 1 atom stereocenters. The molecule has 0 aliphatic carbocycles. The number of Topliss-reactive ketones (excluding diaryl/α,β-unsaturated/α-hetero) is 1. The average Bonchev–Trinajstić information content (AvgIpc) is 3.62. The zero-order valence-corrected chi connectivity index (χ0v) is 22.9. The molecule has 0 bridgehead atoms. The summed E-state index contributed by atoms with van der Waals surface area (Å²) in [5.41, 5.74) is 2.52. The van der Waals surface area contributed by atoms with Crippen LogP contribution in [-0.4, -0.2) is 52.5 Å². The van der Waals surface area contributed by atoms with Gasteiger partial charge in [-0.1, -0.05) is 23.5 Å². The number of benzene rings is 2. The predicted molar refractivity (Wildman–Crippen MR) is 150 cm³/mol. The van der Waals surface area contributed by atoms with Crippen molar-refractivity contribution in [1.29, 1.82) is 0 Å². The van der Waals surface area contributed by atoms with Crippen LogP contribution in [0.4, 0.5) is 5.13 Å². The van der Waals surface area contributed by atoms with Gasteiger partial charge < -0.3 is 19.3 Å². The standard InChI is InChI=1S/C29H24N4O6S/c1-15-24(32-12-6-5-7-22(32)30-15)26(34)23-25(16-8-11-19(38-3)20(13-16)39-4)33(28(36)27(23)35)29-31-18-10-9-17(37-2)14-21(18)40-29/h5-14,25,34H,1-4H3/b26-23+. The lowest BCUT2D eigenvalue weighted by Gasteiger charge is -2.23. The molecule has 1 fully saturated rings. The van der Waals surface area contributed by atoms with Gasteiger partial charge in [-0.15, -0.1) is 0 Å². The highest BCUT2D eigenvalue weighted by molar-refractivity contribution is 7.22. The molecule has 11 heteroatoms. The van der Waals surface area contributed by atoms with E-state index in [1.165, 1.54) is 30.5 Å². The van der Waals surface area contributed by atoms with Crippen LogP contribution in [-0.2, 0) is 9.59 Å². The lowest BCUT2D eigenvalue weighted by Crippen LogP contribution is -2.29. The van der Waals surface area contributed by atoms with Gasteiger partial charge in [-0.25, -0.2) is 9.97 Å². The number of aliphatic hydroxyl groups excluding tert-OH is 1. The molecular formula is C29H24N4O6S. The van der Waals surface area contributed by atoms with Gasteiger partial charge in [0.25, 0.3) is 5.78 Å². The van der Waals surface area contributed by atoms with Gasteiger partial charge in [0.2, 0.25) is 0 Å². The highest BCUT2D eigenvalue weighted by Gasteiger charge is 2.49. The summed E-state index contributed by atoms with van der Waals surface area (Å²) >= 11 is 1.25. The minimum absolute atomic E-state index is 0.0807. The molecule has 40 heavy (non-hydrogen) atoms. The first-order valence-corrected chi connectivity index (χ1v) is 13.1. The third-order valence-corrected chi connectivity index (χ3v) is 7.90. The number of ketones is 1. The third-order valence-electron chi connectivity index (χ3n) is 6.89. The quantitative estimate of drug-likeness (QED) is 0.178. The van der Waals surface area contributed by atoms with Crippen molar-refractivity contribution in [2.75, 3.05) is 26.2 Å². The fourth-order valence-electron chi connectivity index (χ4n) is 5.02. The maximum Gasteiger partial charge on any atom is 0.301 e. The number of carbonyl (C=O) groups excluding carboxylic acids is 2. The molecule has 1 saturated heterocycles. The molecule has 1 unspecified atom stereocenters. The number of aryl methyl sites for hydroxylation is 1. The van der Waals surface area contributed by atoms with Crippen molar-refractivity contribution in [1.82, 2.24) is 14.4 Å². The molecule has 1 aliphatic heterocycles. The molecule has 1 N–H and O–H groups in total. The van der Waals surface area contributed by atoms with Crippen molar-refractivity contribution < 1.29 is 28.9 Å². The largest absolute Gasteiger partial charge is 0.505 e. The summed E-state index contributed by atoms with van der Waals surface area (Å²) in [4.78, 5) is 37.9. The maximum absolute atomic E-state index is 13.7. The Balaban J connectivity index is 1.61.